The summed E-state index contributed by atoms with van der Waals surface area (Å²) in [6.45, 7) is 3.41. The van der Waals surface area contributed by atoms with Gasteiger partial charge in [0.1, 0.15) is 17.6 Å². The molecule has 0 spiro atoms. The Labute approximate surface area is 159 Å². The van der Waals surface area contributed by atoms with E-state index in [1.165, 1.54) is 23.6 Å². The van der Waals surface area contributed by atoms with E-state index in [2.05, 4.69) is 12.2 Å². The summed E-state index contributed by atoms with van der Waals surface area (Å²) in [5, 5.41) is 2.52. The van der Waals surface area contributed by atoms with Gasteiger partial charge in [-0.05, 0) is 37.1 Å². The third kappa shape index (κ3) is 5.54. The van der Waals surface area contributed by atoms with E-state index in [1.807, 2.05) is 12.1 Å². The first kappa shape index (κ1) is 20.4. The fourth-order valence-corrected chi connectivity index (χ4v) is 2.65. The molecule has 2 amide bonds. The van der Waals surface area contributed by atoms with E-state index >= 15 is 0 Å². The third-order valence-electron chi connectivity index (χ3n) is 4.41. The topological polar surface area (TPSA) is 58.6 Å². The average Bonchev–Trinajstić information content (AvgIpc) is 2.70. The van der Waals surface area contributed by atoms with Gasteiger partial charge in [0.25, 0.3) is 5.91 Å². The van der Waals surface area contributed by atoms with Gasteiger partial charge < -0.3 is 15.0 Å². The van der Waals surface area contributed by atoms with Crippen LogP contribution in [0.15, 0.2) is 48.5 Å². The van der Waals surface area contributed by atoms with Crippen LogP contribution in [-0.2, 0) is 22.6 Å². The minimum atomic E-state index is -0.756. The Morgan fingerprint density at radius 1 is 1.15 bits per heavy atom. The molecule has 0 bridgehead atoms. The van der Waals surface area contributed by atoms with E-state index < -0.39 is 17.8 Å². The summed E-state index contributed by atoms with van der Waals surface area (Å²) in [6.07, 6.45) is 0.916. The Morgan fingerprint density at radius 3 is 2.41 bits per heavy atom. The molecule has 0 heterocycles. The molecule has 0 radical (unpaired) electrons. The predicted octanol–water partition coefficient (Wildman–Crippen LogP) is 2.93. The van der Waals surface area contributed by atoms with Gasteiger partial charge in [-0.2, -0.15) is 0 Å². The number of nitrogens with zero attached hydrogens (tertiary/aromatic N) is 1. The molecule has 0 aliphatic heterocycles. The second kappa shape index (κ2) is 9.71. The largest absolute Gasteiger partial charge is 0.484 e. The maximum Gasteiger partial charge on any atom is 0.261 e. The molecule has 5 nitrogen and oxygen atoms in total. The molecule has 27 heavy (non-hydrogen) atoms. The van der Waals surface area contributed by atoms with Gasteiger partial charge in [0.15, 0.2) is 6.61 Å². The van der Waals surface area contributed by atoms with Crippen LogP contribution in [0.25, 0.3) is 0 Å². The Balaban J connectivity index is 2.12. The number of carbonyl (C=O) groups excluding carboxylic acids is 2. The number of amides is 2. The zero-order valence-corrected chi connectivity index (χ0v) is 15.9. The number of rotatable bonds is 8. The predicted molar refractivity (Wildman–Crippen MR) is 102 cm³/mol. The number of carbonyl (C=O) groups is 2. The normalized spacial score (nSPS) is 11.6. The molecule has 0 aromatic heterocycles. The van der Waals surface area contributed by atoms with Crippen molar-refractivity contribution in [1.82, 2.24) is 10.2 Å². The number of aryl methyl sites for hydroxylation is 1. The molecular weight excluding hydrogens is 347 g/mol. The van der Waals surface area contributed by atoms with E-state index in [9.17, 15) is 14.0 Å². The summed E-state index contributed by atoms with van der Waals surface area (Å²) in [4.78, 5) is 26.1. The number of benzene rings is 2. The standard InChI is InChI=1S/C21H25FN2O3/c1-4-16-9-11-18(12-10-16)27-14-20(25)24(15(2)21(26)23-3)13-17-7-5-6-8-19(17)22/h5-12,15H,4,13-14H2,1-3H3,(H,23,26). The van der Waals surface area contributed by atoms with Gasteiger partial charge in [-0.25, -0.2) is 4.39 Å². The minimum Gasteiger partial charge on any atom is -0.484 e. The number of likely N-dealkylation sites (N-methyl/N-ethyl adjacent to an activating group) is 1. The first-order chi connectivity index (χ1) is 13.0. The van der Waals surface area contributed by atoms with Crippen molar-refractivity contribution in [3.63, 3.8) is 0 Å². The van der Waals surface area contributed by atoms with Gasteiger partial charge in [0.2, 0.25) is 5.91 Å². The number of hydrogen-bond donors (Lipinski definition) is 1. The zero-order valence-electron chi connectivity index (χ0n) is 15.9. The van der Waals surface area contributed by atoms with E-state index in [4.69, 9.17) is 4.74 Å². The molecule has 1 atom stereocenters. The molecule has 0 aliphatic carbocycles. The molecule has 144 valence electrons. The van der Waals surface area contributed by atoms with Crippen molar-refractivity contribution in [2.75, 3.05) is 13.7 Å². The Kier molecular flexibility index (Phi) is 7.34. The van der Waals surface area contributed by atoms with Crippen LogP contribution >= 0.6 is 0 Å². The number of ether oxygens (including phenoxy) is 1. The second-order valence-corrected chi connectivity index (χ2v) is 6.19. The highest BCUT2D eigenvalue weighted by Crippen LogP contribution is 2.15. The highest BCUT2D eigenvalue weighted by atomic mass is 19.1. The number of hydrogen-bond acceptors (Lipinski definition) is 3. The van der Waals surface area contributed by atoms with Gasteiger partial charge in [-0.1, -0.05) is 37.3 Å². The molecule has 6 heteroatoms. The van der Waals surface area contributed by atoms with E-state index in [1.54, 1.807) is 37.3 Å². The van der Waals surface area contributed by atoms with Gasteiger partial charge in [-0.3, -0.25) is 9.59 Å². The van der Waals surface area contributed by atoms with Gasteiger partial charge in [0.05, 0.1) is 0 Å². The SMILES string of the molecule is CCc1ccc(OCC(=O)N(Cc2ccccc2F)C(C)C(=O)NC)cc1. The van der Waals surface area contributed by atoms with Crippen LogP contribution in [-0.4, -0.2) is 36.4 Å². The van der Waals surface area contributed by atoms with Gasteiger partial charge >= 0.3 is 0 Å². The first-order valence-corrected chi connectivity index (χ1v) is 8.92. The Bertz CT molecular complexity index is 777. The highest BCUT2D eigenvalue weighted by Gasteiger charge is 2.26. The fraction of sp³-hybridized carbons (Fsp3) is 0.333. The highest BCUT2D eigenvalue weighted by molar-refractivity contribution is 5.87. The van der Waals surface area contributed by atoms with E-state index in [0.717, 1.165) is 6.42 Å². The van der Waals surface area contributed by atoms with Crippen molar-refractivity contribution >= 4 is 11.8 Å². The van der Waals surface area contributed by atoms with Crippen molar-refractivity contribution in [3.05, 3.63) is 65.5 Å². The van der Waals surface area contributed by atoms with Crippen LogP contribution in [0.3, 0.4) is 0 Å². The quantitative estimate of drug-likeness (QED) is 0.775. The molecule has 0 aliphatic rings. The lowest BCUT2D eigenvalue weighted by atomic mass is 10.1. The lowest BCUT2D eigenvalue weighted by molar-refractivity contribution is -0.142. The van der Waals surface area contributed by atoms with Gasteiger partial charge in [0, 0.05) is 19.2 Å². The summed E-state index contributed by atoms with van der Waals surface area (Å²) in [5.41, 5.74) is 1.51. The van der Waals surface area contributed by atoms with Crippen LogP contribution in [0.4, 0.5) is 4.39 Å². The van der Waals surface area contributed by atoms with E-state index in [-0.39, 0.29) is 19.1 Å². The fourth-order valence-electron chi connectivity index (χ4n) is 2.65. The van der Waals surface area contributed by atoms with Crippen molar-refractivity contribution in [1.29, 1.82) is 0 Å². The lowest BCUT2D eigenvalue weighted by Gasteiger charge is -2.28. The van der Waals surface area contributed by atoms with Crippen LogP contribution in [0.5, 0.6) is 5.75 Å². The molecule has 2 aromatic carbocycles. The van der Waals surface area contributed by atoms with Crippen LogP contribution in [0.1, 0.15) is 25.0 Å². The monoisotopic (exact) mass is 372 g/mol. The maximum atomic E-state index is 14.0. The van der Waals surface area contributed by atoms with E-state index in [0.29, 0.717) is 11.3 Å². The maximum absolute atomic E-state index is 14.0. The first-order valence-electron chi connectivity index (χ1n) is 8.92. The van der Waals surface area contributed by atoms with Crippen molar-refractivity contribution < 1.29 is 18.7 Å². The molecule has 1 N–H and O–H groups in total. The summed E-state index contributed by atoms with van der Waals surface area (Å²) in [5.74, 6) is -0.574. The second-order valence-electron chi connectivity index (χ2n) is 6.19. The summed E-state index contributed by atoms with van der Waals surface area (Å²) in [6, 6.07) is 12.9. The third-order valence-corrected chi connectivity index (χ3v) is 4.41. The Morgan fingerprint density at radius 2 is 1.81 bits per heavy atom. The smallest absolute Gasteiger partial charge is 0.261 e. The lowest BCUT2D eigenvalue weighted by Crippen LogP contribution is -2.48. The zero-order chi connectivity index (χ0) is 19.8. The van der Waals surface area contributed by atoms with Crippen LogP contribution in [0, 0.1) is 5.82 Å². The summed E-state index contributed by atoms with van der Waals surface area (Å²) >= 11 is 0. The molecular formula is C21H25FN2O3. The molecule has 0 saturated heterocycles. The molecule has 0 fully saturated rings. The Hall–Kier alpha value is -2.89. The average molecular weight is 372 g/mol. The molecule has 1 unspecified atom stereocenters. The van der Waals surface area contributed by atoms with Crippen LogP contribution < -0.4 is 10.1 Å². The van der Waals surface area contributed by atoms with Gasteiger partial charge in [-0.15, -0.1) is 0 Å². The minimum absolute atomic E-state index is 0.0156. The molecule has 2 aromatic rings. The van der Waals surface area contributed by atoms with Crippen molar-refractivity contribution in [3.8, 4) is 5.75 Å². The molecule has 0 saturated carbocycles. The summed E-state index contributed by atoms with van der Waals surface area (Å²) in [7, 11) is 1.50. The number of nitrogens with one attached hydrogen (secondary N) is 1. The van der Waals surface area contributed by atoms with Crippen molar-refractivity contribution in [2.45, 2.75) is 32.9 Å². The number of halogens is 1. The van der Waals surface area contributed by atoms with Crippen LogP contribution in [0.2, 0.25) is 0 Å². The van der Waals surface area contributed by atoms with Crippen molar-refractivity contribution in [2.24, 2.45) is 0 Å². The molecule has 2 rings (SSSR count). The summed E-state index contributed by atoms with van der Waals surface area (Å²) < 4.78 is 19.6.